The van der Waals surface area contributed by atoms with E-state index in [-0.39, 0.29) is 0 Å². The number of ether oxygens (including phenoxy) is 1. The second-order valence-corrected chi connectivity index (χ2v) is 2.53. The zero-order valence-electron chi connectivity index (χ0n) is 6.86. The van der Waals surface area contributed by atoms with Gasteiger partial charge in [0.2, 0.25) is 0 Å². The molecule has 1 aromatic rings. The van der Waals surface area contributed by atoms with Gasteiger partial charge in [0.1, 0.15) is 6.61 Å². The van der Waals surface area contributed by atoms with E-state index in [4.69, 9.17) is 5.26 Å². The Bertz CT molecular complexity index is 250. The van der Waals surface area contributed by atoms with Crippen LogP contribution in [0.3, 0.4) is 0 Å². The van der Waals surface area contributed by atoms with Crippen molar-refractivity contribution in [3.05, 3.63) is 35.9 Å². The molecule has 1 aromatic carbocycles. The summed E-state index contributed by atoms with van der Waals surface area (Å²) in [5, 5.41) is 8.09. The van der Waals surface area contributed by atoms with Crippen LogP contribution < -0.4 is 0 Å². The first-order chi connectivity index (χ1) is 5.93. The molecule has 12 heavy (non-hydrogen) atoms. The van der Waals surface area contributed by atoms with E-state index in [9.17, 15) is 0 Å². The molecule has 2 nitrogen and oxygen atoms in total. The van der Waals surface area contributed by atoms with E-state index in [1.807, 2.05) is 18.2 Å². The Balaban J connectivity index is 2.21. The molecule has 0 aliphatic carbocycles. The molecule has 0 bridgehead atoms. The third-order valence-corrected chi connectivity index (χ3v) is 1.62. The van der Waals surface area contributed by atoms with Crippen LogP contribution in [-0.4, -0.2) is 6.61 Å². The van der Waals surface area contributed by atoms with Crippen molar-refractivity contribution in [2.24, 2.45) is 0 Å². The number of nitrogens with zero attached hydrogens (tertiary/aromatic N) is 1. The molecular formula is C10H11NO. The van der Waals surface area contributed by atoms with Crippen LogP contribution in [-0.2, 0) is 11.2 Å². The maximum absolute atomic E-state index is 8.09. The van der Waals surface area contributed by atoms with Crippen molar-refractivity contribution in [2.45, 2.75) is 12.8 Å². The second-order valence-electron chi connectivity index (χ2n) is 2.53. The number of rotatable bonds is 4. The molecule has 0 aromatic heterocycles. The molecule has 2 heteroatoms. The molecule has 0 spiro atoms. The summed E-state index contributed by atoms with van der Waals surface area (Å²) in [6, 6.07) is 10.2. The highest BCUT2D eigenvalue weighted by atomic mass is 16.5. The highest BCUT2D eigenvalue weighted by Crippen LogP contribution is 2.01. The lowest BCUT2D eigenvalue weighted by atomic mass is 10.1. The summed E-state index contributed by atoms with van der Waals surface area (Å²) < 4.78 is 4.56. The average molecular weight is 161 g/mol. The van der Waals surface area contributed by atoms with Crippen molar-refractivity contribution in [2.75, 3.05) is 6.61 Å². The Morgan fingerprint density at radius 2 is 2.00 bits per heavy atom. The minimum atomic E-state index is 0.519. The quantitative estimate of drug-likeness (QED) is 0.500. The fourth-order valence-electron chi connectivity index (χ4n) is 1.04. The van der Waals surface area contributed by atoms with Crippen LogP contribution >= 0.6 is 0 Å². The van der Waals surface area contributed by atoms with Gasteiger partial charge in [0.25, 0.3) is 6.26 Å². The van der Waals surface area contributed by atoms with Crippen LogP contribution in [0.15, 0.2) is 30.3 Å². The molecule has 0 radical (unpaired) electrons. The van der Waals surface area contributed by atoms with Gasteiger partial charge < -0.3 is 4.74 Å². The van der Waals surface area contributed by atoms with E-state index >= 15 is 0 Å². The Labute approximate surface area is 72.4 Å². The fraction of sp³-hybridized carbons (Fsp3) is 0.300. The molecule has 1 rings (SSSR count). The molecule has 0 saturated carbocycles. The Morgan fingerprint density at radius 3 is 2.67 bits per heavy atom. The van der Waals surface area contributed by atoms with Gasteiger partial charge in [-0.05, 0) is 18.4 Å². The van der Waals surface area contributed by atoms with Crippen molar-refractivity contribution in [1.82, 2.24) is 0 Å². The molecule has 0 fully saturated rings. The van der Waals surface area contributed by atoms with Gasteiger partial charge in [-0.25, -0.2) is 0 Å². The molecule has 62 valence electrons. The van der Waals surface area contributed by atoms with Crippen LogP contribution in [0.1, 0.15) is 12.0 Å². The highest BCUT2D eigenvalue weighted by molar-refractivity contribution is 5.14. The minimum absolute atomic E-state index is 0.519. The SMILES string of the molecule is N#COCCCc1ccccc1. The summed E-state index contributed by atoms with van der Waals surface area (Å²) in [5.74, 6) is 0. The van der Waals surface area contributed by atoms with E-state index in [0.29, 0.717) is 6.61 Å². The highest BCUT2D eigenvalue weighted by Gasteiger charge is 1.90. The smallest absolute Gasteiger partial charge is 0.286 e. The van der Waals surface area contributed by atoms with Crippen molar-refractivity contribution < 1.29 is 4.74 Å². The largest absolute Gasteiger partial charge is 0.428 e. The molecule has 0 N–H and O–H groups in total. The van der Waals surface area contributed by atoms with E-state index in [2.05, 4.69) is 16.9 Å². The zero-order chi connectivity index (χ0) is 8.65. The summed E-state index contributed by atoms with van der Waals surface area (Å²) in [5.41, 5.74) is 1.29. The van der Waals surface area contributed by atoms with Gasteiger partial charge in [-0.15, -0.1) is 0 Å². The monoisotopic (exact) mass is 161 g/mol. The van der Waals surface area contributed by atoms with Crippen LogP contribution in [0.4, 0.5) is 0 Å². The Kier molecular flexibility index (Phi) is 3.73. The molecule has 0 amide bonds. The topological polar surface area (TPSA) is 33.0 Å². The maximum atomic E-state index is 8.09. The van der Waals surface area contributed by atoms with Gasteiger partial charge in [-0.3, -0.25) is 0 Å². The Morgan fingerprint density at radius 1 is 1.25 bits per heavy atom. The van der Waals surface area contributed by atoms with E-state index in [1.54, 1.807) is 6.26 Å². The molecule has 0 aliphatic heterocycles. The predicted molar refractivity (Wildman–Crippen MR) is 46.3 cm³/mol. The number of benzene rings is 1. The first-order valence-corrected chi connectivity index (χ1v) is 3.98. The van der Waals surface area contributed by atoms with Gasteiger partial charge >= 0.3 is 0 Å². The summed E-state index contributed by atoms with van der Waals surface area (Å²) in [6.45, 7) is 0.519. The number of hydrogen-bond acceptors (Lipinski definition) is 2. The first-order valence-electron chi connectivity index (χ1n) is 3.98. The first kappa shape index (κ1) is 8.61. The lowest BCUT2D eigenvalue weighted by Gasteiger charge is -1.98. The number of aryl methyl sites for hydroxylation is 1. The van der Waals surface area contributed by atoms with E-state index in [0.717, 1.165) is 12.8 Å². The molecule has 0 heterocycles. The molecule has 0 aliphatic rings. The van der Waals surface area contributed by atoms with Crippen LogP contribution in [0.25, 0.3) is 0 Å². The van der Waals surface area contributed by atoms with Crippen molar-refractivity contribution in [3.8, 4) is 6.26 Å². The predicted octanol–water partition coefficient (Wildman–Crippen LogP) is 2.12. The normalized spacial score (nSPS) is 8.92. The fourth-order valence-corrected chi connectivity index (χ4v) is 1.04. The second kappa shape index (κ2) is 5.20. The van der Waals surface area contributed by atoms with Crippen molar-refractivity contribution in [3.63, 3.8) is 0 Å². The molecular weight excluding hydrogens is 150 g/mol. The van der Waals surface area contributed by atoms with Gasteiger partial charge in [-0.2, -0.15) is 5.26 Å². The zero-order valence-corrected chi connectivity index (χ0v) is 6.86. The van der Waals surface area contributed by atoms with Crippen molar-refractivity contribution in [1.29, 1.82) is 5.26 Å². The molecule has 0 saturated heterocycles. The summed E-state index contributed by atoms with van der Waals surface area (Å²) in [6.07, 6.45) is 3.53. The Hall–Kier alpha value is -1.49. The molecule has 0 atom stereocenters. The summed E-state index contributed by atoms with van der Waals surface area (Å²) in [4.78, 5) is 0. The summed E-state index contributed by atoms with van der Waals surface area (Å²) >= 11 is 0. The standard InChI is InChI=1S/C10H11NO/c11-9-12-8-4-7-10-5-2-1-3-6-10/h1-3,5-6H,4,7-8H2. The minimum Gasteiger partial charge on any atom is -0.428 e. The van der Waals surface area contributed by atoms with Gasteiger partial charge in [0.05, 0.1) is 0 Å². The lowest BCUT2D eigenvalue weighted by Crippen LogP contribution is -1.91. The number of nitriles is 1. The lowest BCUT2D eigenvalue weighted by molar-refractivity contribution is 0.265. The third kappa shape index (κ3) is 3.07. The molecule has 0 unspecified atom stereocenters. The number of hydrogen-bond donors (Lipinski definition) is 0. The van der Waals surface area contributed by atoms with Gasteiger partial charge in [0, 0.05) is 0 Å². The van der Waals surface area contributed by atoms with Gasteiger partial charge in [-0.1, -0.05) is 30.3 Å². The van der Waals surface area contributed by atoms with Crippen LogP contribution in [0, 0.1) is 11.5 Å². The van der Waals surface area contributed by atoms with Crippen LogP contribution in [0.2, 0.25) is 0 Å². The van der Waals surface area contributed by atoms with E-state index < -0.39 is 0 Å². The average Bonchev–Trinajstić information content (AvgIpc) is 2.14. The third-order valence-electron chi connectivity index (χ3n) is 1.62. The van der Waals surface area contributed by atoms with E-state index in [1.165, 1.54) is 5.56 Å². The maximum Gasteiger partial charge on any atom is 0.286 e. The summed E-state index contributed by atoms with van der Waals surface area (Å²) in [7, 11) is 0. The van der Waals surface area contributed by atoms with Gasteiger partial charge in [0.15, 0.2) is 0 Å². The van der Waals surface area contributed by atoms with Crippen LogP contribution in [0.5, 0.6) is 0 Å². The van der Waals surface area contributed by atoms with Crippen molar-refractivity contribution >= 4 is 0 Å².